The lowest BCUT2D eigenvalue weighted by atomic mass is 9.75. The van der Waals surface area contributed by atoms with Crippen molar-refractivity contribution in [2.45, 2.75) is 44.7 Å². The summed E-state index contributed by atoms with van der Waals surface area (Å²) in [5, 5.41) is 35.0. The van der Waals surface area contributed by atoms with E-state index in [9.17, 15) is 14.7 Å². The molecular formula is C21H24N8O4. The molecule has 4 N–H and O–H groups in total. The maximum absolute atomic E-state index is 12.9. The zero-order valence-corrected chi connectivity index (χ0v) is 18.1. The van der Waals surface area contributed by atoms with Gasteiger partial charge in [0, 0.05) is 12.2 Å². The first-order chi connectivity index (χ1) is 15.9. The number of carbonyl (C=O) groups excluding carboxylic acids is 1. The van der Waals surface area contributed by atoms with Crippen LogP contribution in [0.2, 0.25) is 0 Å². The fourth-order valence-corrected chi connectivity index (χ4v) is 3.81. The molecule has 2 amide bonds. The molecule has 0 radical (unpaired) electrons. The van der Waals surface area contributed by atoms with E-state index in [0.717, 1.165) is 11.1 Å². The number of anilines is 1. The highest BCUT2D eigenvalue weighted by Crippen LogP contribution is 2.38. The molecule has 12 nitrogen and oxygen atoms in total. The highest BCUT2D eigenvalue weighted by atomic mass is 16.4. The molecule has 0 spiro atoms. The van der Waals surface area contributed by atoms with Crippen molar-refractivity contribution in [3.8, 4) is 11.5 Å². The summed E-state index contributed by atoms with van der Waals surface area (Å²) in [7, 11) is 0. The average molecular weight is 452 g/mol. The average Bonchev–Trinajstić information content (AvgIpc) is 3.26. The van der Waals surface area contributed by atoms with Crippen LogP contribution in [0.1, 0.15) is 53.3 Å². The number of aryl methyl sites for hydroxylation is 1. The number of aliphatic hydroxyl groups is 1. The Kier molecular flexibility index (Phi) is 6.27. The van der Waals surface area contributed by atoms with Crippen LogP contribution in [0.5, 0.6) is 0 Å². The van der Waals surface area contributed by atoms with Crippen LogP contribution in [0.25, 0.3) is 11.5 Å². The van der Waals surface area contributed by atoms with Gasteiger partial charge in [-0.15, -0.1) is 5.10 Å². The molecule has 3 aromatic rings. The minimum absolute atomic E-state index is 0.0747. The van der Waals surface area contributed by atoms with Crippen molar-refractivity contribution >= 4 is 17.8 Å². The van der Waals surface area contributed by atoms with Crippen LogP contribution in [0.15, 0.2) is 30.5 Å². The van der Waals surface area contributed by atoms with Crippen LogP contribution in [0, 0.1) is 6.92 Å². The normalized spacial score (nSPS) is 18.3. The number of aliphatic hydroxyl groups excluding tert-OH is 1. The molecular weight excluding hydrogens is 428 g/mol. The lowest BCUT2D eigenvalue weighted by molar-refractivity contribution is 0.102. The van der Waals surface area contributed by atoms with Gasteiger partial charge in [-0.25, -0.2) is 14.5 Å². The number of tetrazole rings is 1. The largest absolute Gasteiger partial charge is 0.465 e. The van der Waals surface area contributed by atoms with Gasteiger partial charge in [0.05, 0.1) is 12.6 Å². The van der Waals surface area contributed by atoms with E-state index in [1.54, 1.807) is 37.4 Å². The highest BCUT2D eigenvalue weighted by Gasteiger charge is 2.32. The number of nitrogens with one attached hydrogen (secondary N) is 2. The van der Waals surface area contributed by atoms with Gasteiger partial charge in [-0.2, -0.15) is 0 Å². The summed E-state index contributed by atoms with van der Waals surface area (Å²) in [4.78, 5) is 32.3. The van der Waals surface area contributed by atoms with Crippen LogP contribution < -0.4 is 10.6 Å². The maximum atomic E-state index is 12.9. The van der Waals surface area contributed by atoms with Crippen molar-refractivity contribution in [2.75, 3.05) is 11.9 Å². The Morgan fingerprint density at radius 1 is 1.30 bits per heavy atom. The predicted octanol–water partition coefficient (Wildman–Crippen LogP) is 1.76. The molecule has 1 aliphatic rings. The summed E-state index contributed by atoms with van der Waals surface area (Å²) < 4.78 is 1.47. The first-order valence-corrected chi connectivity index (χ1v) is 10.5. The summed E-state index contributed by atoms with van der Waals surface area (Å²) in [6, 6.07) is 6.42. The number of carbonyl (C=O) groups is 2. The molecule has 1 unspecified atom stereocenters. The Morgan fingerprint density at radius 3 is 2.82 bits per heavy atom. The molecule has 1 fully saturated rings. The molecule has 172 valence electrons. The molecule has 0 aromatic carbocycles. The van der Waals surface area contributed by atoms with Gasteiger partial charge >= 0.3 is 6.09 Å². The van der Waals surface area contributed by atoms with Crippen LogP contribution >= 0.6 is 0 Å². The zero-order chi connectivity index (χ0) is 23.5. The summed E-state index contributed by atoms with van der Waals surface area (Å²) in [6.45, 7) is 3.56. The van der Waals surface area contributed by atoms with Crippen molar-refractivity contribution in [3.63, 3.8) is 0 Å². The molecule has 0 aliphatic heterocycles. The van der Waals surface area contributed by atoms with Gasteiger partial charge in [0.25, 0.3) is 5.91 Å². The minimum atomic E-state index is -1.03. The van der Waals surface area contributed by atoms with E-state index in [0.29, 0.717) is 30.2 Å². The maximum Gasteiger partial charge on any atom is 0.404 e. The molecule has 0 bridgehead atoms. The Morgan fingerprint density at radius 2 is 2.09 bits per heavy atom. The Bertz CT molecular complexity index is 1170. The number of hydrogen-bond acceptors (Lipinski definition) is 8. The zero-order valence-electron chi connectivity index (χ0n) is 18.1. The molecule has 1 saturated carbocycles. The number of carboxylic acid groups (broad SMARTS) is 1. The van der Waals surface area contributed by atoms with Crippen LogP contribution in [-0.4, -0.2) is 65.0 Å². The number of hydrogen-bond donors (Lipinski definition) is 4. The van der Waals surface area contributed by atoms with Gasteiger partial charge in [0.1, 0.15) is 17.2 Å². The minimum Gasteiger partial charge on any atom is -0.465 e. The molecule has 3 aromatic heterocycles. The van der Waals surface area contributed by atoms with Crippen LogP contribution in [0.4, 0.5) is 10.6 Å². The first kappa shape index (κ1) is 22.3. The van der Waals surface area contributed by atoms with E-state index >= 15 is 0 Å². The van der Waals surface area contributed by atoms with Gasteiger partial charge in [-0.05, 0) is 72.4 Å². The summed E-state index contributed by atoms with van der Waals surface area (Å²) in [5.74, 6) is 0.439. The van der Waals surface area contributed by atoms with Crippen molar-refractivity contribution in [1.29, 1.82) is 0 Å². The Labute approximate surface area is 189 Å². The third-order valence-corrected chi connectivity index (χ3v) is 5.68. The lowest BCUT2D eigenvalue weighted by Gasteiger charge is -2.36. The van der Waals surface area contributed by atoms with Gasteiger partial charge in [-0.3, -0.25) is 9.78 Å². The third kappa shape index (κ3) is 4.80. The monoisotopic (exact) mass is 452 g/mol. The fraction of sp³-hybridized carbons (Fsp3) is 0.381. The summed E-state index contributed by atoms with van der Waals surface area (Å²) >= 11 is 0. The standard InChI is InChI=1S/C21H24N8O4/c1-11-9-22-17(8-15(11)13-6-14(7-13)23-21(32)33)20(31)25-18-5-3-4-16(24-18)19-26-27-28-29(19)12(2)10-30/h3-5,8-9,12-14,23,30H,6-7,10H2,1-2H3,(H,32,33)(H,24,25,31). The lowest BCUT2D eigenvalue weighted by Crippen LogP contribution is -2.42. The molecule has 33 heavy (non-hydrogen) atoms. The molecule has 12 heteroatoms. The number of pyridine rings is 2. The van der Waals surface area contributed by atoms with E-state index in [2.05, 4.69) is 36.1 Å². The number of rotatable bonds is 7. The summed E-state index contributed by atoms with van der Waals surface area (Å²) in [5.41, 5.74) is 2.63. The van der Waals surface area contributed by atoms with Gasteiger partial charge < -0.3 is 20.8 Å². The van der Waals surface area contributed by atoms with Crippen LogP contribution in [-0.2, 0) is 0 Å². The SMILES string of the molecule is Cc1cnc(C(=O)Nc2cccc(-c3nnnn3C(C)CO)n2)cc1C1CC(NC(=O)O)C1. The fourth-order valence-electron chi connectivity index (χ4n) is 3.81. The van der Waals surface area contributed by atoms with Gasteiger partial charge in [-0.1, -0.05) is 6.07 Å². The molecule has 0 saturated heterocycles. The number of amides is 2. The van der Waals surface area contributed by atoms with E-state index in [1.165, 1.54) is 4.68 Å². The highest BCUT2D eigenvalue weighted by molar-refractivity contribution is 6.02. The van der Waals surface area contributed by atoms with Crippen LogP contribution in [0.3, 0.4) is 0 Å². The van der Waals surface area contributed by atoms with E-state index in [-0.39, 0.29) is 30.3 Å². The Balaban J connectivity index is 1.49. The summed E-state index contributed by atoms with van der Waals surface area (Å²) in [6.07, 6.45) is 1.99. The topological polar surface area (TPSA) is 168 Å². The molecule has 1 atom stereocenters. The molecule has 1 aliphatic carbocycles. The van der Waals surface area contributed by atoms with Crippen molar-refractivity contribution in [2.24, 2.45) is 0 Å². The van der Waals surface area contributed by atoms with Gasteiger partial charge in [0.15, 0.2) is 0 Å². The van der Waals surface area contributed by atoms with E-state index in [4.69, 9.17) is 5.11 Å². The van der Waals surface area contributed by atoms with Crippen molar-refractivity contribution in [3.05, 3.63) is 47.3 Å². The molecule has 4 rings (SSSR count). The smallest absolute Gasteiger partial charge is 0.404 e. The number of nitrogens with zero attached hydrogens (tertiary/aromatic N) is 6. The van der Waals surface area contributed by atoms with E-state index in [1.807, 2.05) is 6.92 Å². The first-order valence-electron chi connectivity index (χ1n) is 10.5. The molecule has 3 heterocycles. The second-order valence-electron chi connectivity index (χ2n) is 8.08. The second kappa shape index (κ2) is 9.28. The quantitative estimate of drug-likeness (QED) is 0.417. The predicted molar refractivity (Wildman–Crippen MR) is 117 cm³/mol. The van der Waals surface area contributed by atoms with Crippen molar-refractivity contribution in [1.82, 2.24) is 35.5 Å². The Hall–Kier alpha value is -3.93. The third-order valence-electron chi connectivity index (χ3n) is 5.68. The van der Waals surface area contributed by atoms with Crippen molar-refractivity contribution < 1.29 is 19.8 Å². The van der Waals surface area contributed by atoms with Gasteiger partial charge in [0.2, 0.25) is 5.82 Å². The van der Waals surface area contributed by atoms with E-state index < -0.39 is 12.0 Å². The second-order valence-corrected chi connectivity index (χ2v) is 8.08. The number of aromatic nitrogens is 6.